The number of aryl methyl sites for hydroxylation is 2. The van der Waals surface area contributed by atoms with Gasteiger partial charge in [0.2, 0.25) is 0 Å². The van der Waals surface area contributed by atoms with E-state index in [1.807, 2.05) is 19.9 Å². The SMILES string of the molecule is COC(=O)/C(=C/[C@H]1C[C@@H](COS(=O)(=O)c2ccc(C)cc2)CC[C@H]1COS(=O)(=O)c1ccc(C)cc1)NC(=O)OCc1ccccc1. The number of carbonyl (C=O) groups is 2. The summed E-state index contributed by atoms with van der Waals surface area (Å²) in [5, 5.41) is 2.45. The van der Waals surface area contributed by atoms with E-state index in [0.29, 0.717) is 19.3 Å². The molecule has 1 saturated carbocycles. The molecule has 0 heterocycles. The molecule has 0 radical (unpaired) electrons. The van der Waals surface area contributed by atoms with Crippen LogP contribution in [0.5, 0.6) is 0 Å². The van der Waals surface area contributed by atoms with Crippen LogP contribution in [0.25, 0.3) is 0 Å². The number of carbonyl (C=O) groups excluding carboxylic acids is 2. The molecule has 3 aromatic rings. The van der Waals surface area contributed by atoms with E-state index in [-0.39, 0.29) is 41.2 Å². The van der Waals surface area contributed by atoms with Gasteiger partial charge in [0.15, 0.2) is 0 Å². The van der Waals surface area contributed by atoms with Gasteiger partial charge in [0, 0.05) is 0 Å². The predicted octanol–water partition coefficient (Wildman–Crippen LogP) is 5.43. The first-order chi connectivity index (χ1) is 22.4. The van der Waals surface area contributed by atoms with Gasteiger partial charge in [-0.05, 0) is 86.8 Å². The summed E-state index contributed by atoms with van der Waals surface area (Å²) in [6, 6.07) is 21.6. The zero-order chi connectivity index (χ0) is 34.0. The summed E-state index contributed by atoms with van der Waals surface area (Å²) in [7, 11) is -6.95. The van der Waals surface area contributed by atoms with Gasteiger partial charge in [-0.2, -0.15) is 16.8 Å². The molecule has 11 nitrogen and oxygen atoms in total. The van der Waals surface area contributed by atoms with E-state index in [4.69, 9.17) is 17.8 Å². The van der Waals surface area contributed by atoms with Gasteiger partial charge in [-0.15, -0.1) is 0 Å². The summed E-state index contributed by atoms with van der Waals surface area (Å²) in [5.41, 5.74) is 2.34. The molecule has 0 saturated heterocycles. The molecule has 0 spiro atoms. The minimum atomic E-state index is -4.08. The summed E-state index contributed by atoms with van der Waals surface area (Å²) in [4.78, 5) is 25.5. The number of hydrogen-bond donors (Lipinski definition) is 1. The Morgan fingerprint density at radius 1 is 0.787 bits per heavy atom. The van der Waals surface area contributed by atoms with Gasteiger partial charge in [0.25, 0.3) is 20.2 Å². The predicted molar refractivity (Wildman–Crippen MR) is 173 cm³/mol. The number of alkyl carbamates (subject to hydrolysis) is 1. The molecule has 0 aromatic heterocycles. The van der Waals surface area contributed by atoms with Crippen LogP contribution in [0.15, 0.2) is 100 Å². The lowest BCUT2D eigenvalue weighted by molar-refractivity contribution is -0.136. The minimum Gasteiger partial charge on any atom is -0.464 e. The number of allylic oxidation sites excluding steroid dienone is 1. The maximum Gasteiger partial charge on any atom is 0.412 e. The van der Waals surface area contributed by atoms with Crippen LogP contribution < -0.4 is 5.32 Å². The summed E-state index contributed by atoms with van der Waals surface area (Å²) >= 11 is 0. The Labute approximate surface area is 276 Å². The molecule has 1 aliphatic carbocycles. The van der Waals surface area contributed by atoms with Crippen LogP contribution in [0.2, 0.25) is 0 Å². The lowest BCUT2D eigenvalue weighted by Gasteiger charge is -2.34. The van der Waals surface area contributed by atoms with Crippen LogP contribution in [0, 0.1) is 31.6 Å². The van der Waals surface area contributed by atoms with Crippen LogP contribution in [-0.2, 0) is 49.5 Å². The summed E-state index contributed by atoms with van der Waals surface area (Å²) in [6.45, 7) is 3.31. The Morgan fingerprint density at radius 2 is 1.34 bits per heavy atom. The highest BCUT2D eigenvalue weighted by molar-refractivity contribution is 7.87. The van der Waals surface area contributed by atoms with E-state index >= 15 is 0 Å². The maximum absolute atomic E-state index is 13.0. The molecule has 1 aliphatic rings. The van der Waals surface area contributed by atoms with Crippen LogP contribution >= 0.6 is 0 Å². The van der Waals surface area contributed by atoms with Crippen LogP contribution in [0.3, 0.4) is 0 Å². The molecule has 4 rings (SSSR count). The molecule has 1 amide bonds. The Kier molecular flexibility index (Phi) is 12.3. The minimum absolute atomic E-state index is 0.0108. The van der Waals surface area contributed by atoms with Gasteiger partial charge < -0.3 is 9.47 Å². The van der Waals surface area contributed by atoms with E-state index in [2.05, 4.69) is 5.32 Å². The standard InChI is InChI=1S/C34H39NO10S2/c1-24-9-15-30(16-10-24)46(38,39)44-22-27-13-14-28(23-45-47(40,41)31-17-11-25(2)12-18-31)29(19-27)20-32(33(36)42-3)35-34(37)43-21-26-7-5-4-6-8-26/h4-12,15-18,20,27-29H,13-14,19,21-23H2,1-3H3,(H,35,37)/b32-20-/t27-,28-,29+/m0/s1. The van der Waals surface area contributed by atoms with Crippen LogP contribution in [0.4, 0.5) is 4.79 Å². The fourth-order valence-corrected chi connectivity index (χ4v) is 7.12. The number of methoxy groups -OCH3 is 1. The maximum atomic E-state index is 13.0. The molecule has 0 unspecified atom stereocenters. The lowest BCUT2D eigenvalue weighted by atomic mass is 9.74. The number of esters is 1. The average molecular weight is 686 g/mol. The Balaban J connectivity index is 1.52. The Hall–Kier alpha value is -4.04. The molecule has 47 heavy (non-hydrogen) atoms. The van der Waals surface area contributed by atoms with Crippen molar-refractivity contribution in [2.45, 2.75) is 49.5 Å². The van der Waals surface area contributed by atoms with Crippen molar-refractivity contribution in [2.24, 2.45) is 17.8 Å². The van der Waals surface area contributed by atoms with Gasteiger partial charge in [0.1, 0.15) is 12.3 Å². The second kappa shape index (κ2) is 16.2. The second-order valence-corrected chi connectivity index (χ2v) is 14.7. The van der Waals surface area contributed by atoms with Crippen molar-refractivity contribution in [2.75, 3.05) is 20.3 Å². The van der Waals surface area contributed by atoms with E-state index in [0.717, 1.165) is 23.8 Å². The molecule has 3 atom stereocenters. The first kappa shape index (κ1) is 35.8. The third-order valence-corrected chi connectivity index (χ3v) is 10.5. The number of nitrogens with one attached hydrogen (secondary N) is 1. The molecule has 252 valence electrons. The molecule has 0 aliphatic heterocycles. The van der Waals surface area contributed by atoms with Crippen molar-refractivity contribution in [1.82, 2.24) is 5.32 Å². The highest BCUT2D eigenvalue weighted by Crippen LogP contribution is 2.37. The van der Waals surface area contributed by atoms with Gasteiger partial charge in [-0.1, -0.05) is 65.7 Å². The smallest absolute Gasteiger partial charge is 0.412 e. The topological polar surface area (TPSA) is 151 Å². The molecule has 3 aromatic carbocycles. The Morgan fingerprint density at radius 3 is 1.89 bits per heavy atom. The fraction of sp³-hybridized carbons (Fsp3) is 0.353. The molecular weight excluding hydrogens is 647 g/mol. The second-order valence-electron chi connectivity index (χ2n) is 11.5. The molecule has 0 bridgehead atoms. The number of benzene rings is 3. The molecule has 1 N–H and O–H groups in total. The largest absolute Gasteiger partial charge is 0.464 e. The highest BCUT2D eigenvalue weighted by atomic mass is 32.2. The number of ether oxygens (including phenoxy) is 2. The number of amides is 1. The van der Waals surface area contributed by atoms with Crippen molar-refractivity contribution in [3.8, 4) is 0 Å². The van der Waals surface area contributed by atoms with Crippen molar-refractivity contribution in [3.63, 3.8) is 0 Å². The van der Waals surface area contributed by atoms with E-state index in [1.165, 1.54) is 30.3 Å². The van der Waals surface area contributed by atoms with Crippen molar-refractivity contribution in [3.05, 3.63) is 107 Å². The summed E-state index contributed by atoms with van der Waals surface area (Å²) < 4.78 is 72.7. The zero-order valence-corrected chi connectivity index (χ0v) is 28.1. The number of hydrogen-bond acceptors (Lipinski definition) is 10. The normalized spacial score (nSPS) is 18.7. The quantitative estimate of drug-likeness (QED) is 0.140. The average Bonchev–Trinajstić information content (AvgIpc) is 3.06. The molecule has 13 heteroatoms. The van der Waals surface area contributed by atoms with Crippen molar-refractivity contribution >= 4 is 32.3 Å². The first-order valence-corrected chi connectivity index (χ1v) is 17.9. The van der Waals surface area contributed by atoms with E-state index in [9.17, 15) is 26.4 Å². The van der Waals surface area contributed by atoms with Gasteiger partial charge in [-0.3, -0.25) is 13.7 Å². The third kappa shape index (κ3) is 10.5. The van der Waals surface area contributed by atoms with Crippen LogP contribution in [0.1, 0.15) is 36.0 Å². The van der Waals surface area contributed by atoms with Gasteiger partial charge >= 0.3 is 12.1 Å². The monoisotopic (exact) mass is 685 g/mol. The molecule has 1 fully saturated rings. The highest BCUT2D eigenvalue weighted by Gasteiger charge is 2.33. The number of rotatable bonds is 13. The molecular formula is C34H39NO10S2. The fourth-order valence-electron chi connectivity index (χ4n) is 5.18. The van der Waals surface area contributed by atoms with Crippen LogP contribution in [-0.4, -0.2) is 49.2 Å². The van der Waals surface area contributed by atoms with Crippen molar-refractivity contribution < 1.29 is 44.3 Å². The van der Waals surface area contributed by atoms with Gasteiger partial charge in [0.05, 0.1) is 30.1 Å². The van der Waals surface area contributed by atoms with E-state index in [1.54, 1.807) is 48.5 Å². The Bertz CT molecular complexity index is 1760. The van der Waals surface area contributed by atoms with Crippen molar-refractivity contribution in [1.29, 1.82) is 0 Å². The third-order valence-electron chi connectivity index (χ3n) is 7.91. The lowest BCUT2D eigenvalue weighted by Crippen LogP contribution is -2.34. The summed E-state index contributed by atoms with van der Waals surface area (Å²) in [5.74, 6) is -2.06. The summed E-state index contributed by atoms with van der Waals surface area (Å²) in [6.07, 6.45) is 1.84. The zero-order valence-electron chi connectivity index (χ0n) is 26.5. The van der Waals surface area contributed by atoms with E-state index < -0.39 is 44.1 Å². The van der Waals surface area contributed by atoms with Gasteiger partial charge in [-0.25, -0.2) is 9.59 Å². The first-order valence-electron chi connectivity index (χ1n) is 15.1.